The molecule has 1 amide bonds. The van der Waals surface area contributed by atoms with Crippen molar-refractivity contribution in [3.8, 4) is 5.75 Å². The van der Waals surface area contributed by atoms with Gasteiger partial charge in [0.05, 0.1) is 12.6 Å². The Morgan fingerprint density at radius 3 is 2.63 bits per heavy atom. The third-order valence-corrected chi connectivity index (χ3v) is 3.23. The fourth-order valence-electron chi connectivity index (χ4n) is 1.85. The molecule has 4 nitrogen and oxygen atoms in total. The summed E-state index contributed by atoms with van der Waals surface area (Å²) in [7, 11) is 1.72. The molecule has 1 unspecified atom stereocenters. The van der Waals surface area contributed by atoms with Crippen molar-refractivity contribution >= 4 is 5.91 Å². The molecule has 4 heteroatoms. The van der Waals surface area contributed by atoms with Crippen molar-refractivity contribution in [1.29, 1.82) is 0 Å². The van der Waals surface area contributed by atoms with E-state index in [2.05, 4.69) is 37.4 Å². The van der Waals surface area contributed by atoms with Crippen LogP contribution in [-0.4, -0.2) is 25.6 Å². The van der Waals surface area contributed by atoms with Crippen molar-refractivity contribution in [2.75, 3.05) is 13.7 Å². The molecule has 1 aromatic rings. The van der Waals surface area contributed by atoms with Gasteiger partial charge in [0.25, 0.3) is 0 Å². The molecule has 0 fully saturated rings. The Kier molecular flexibility index (Phi) is 5.83. The fourth-order valence-corrected chi connectivity index (χ4v) is 1.85. The number of nitrogens with one attached hydrogen (secondary N) is 1. The Bertz CT molecular complexity index is 430. The lowest BCUT2D eigenvalue weighted by atomic mass is 10.0. The van der Waals surface area contributed by atoms with Gasteiger partial charge in [-0.3, -0.25) is 4.79 Å². The van der Waals surface area contributed by atoms with Crippen LogP contribution in [0, 0.1) is 6.92 Å². The normalized spacial score (nSPS) is 12.5. The second-order valence-corrected chi connectivity index (χ2v) is 5.06. The Balaban J connectivity index is 2.62. The summed E-state index contributed by atoms with van der Waals surface area (Å²) in [6.45, 7) is 6.79. The van der Waals surface area contributed by atoms with Crippen LogP contribution in [0.15, 0.2) is 18.2 Å². The highest BCUT2D eigenvalue weighted by molar-refractivity contribution is 5.79. The highest BCUT2D eigenvalue weighted by atomic mass is 16.5. The van der Waals surface area contributed by atoms with Gasteiger partial charge in [-0.25, -0.2) is 0 Å². The molecule has 106 valence electrons. The molecule has 0 aliphatic heterocycles. The number of amides is 1. The summed E-state index contributed by atoms with van der Waals surface area (Å²) >= 11 is 0. The van der Waals surface area contributed by atoms with E-state index in [1.807, 2.05) is 6.92 Å². The molecule has 0 aromatic heterocycles. The second-order valence-electron chi connectivity index (χ2n) is 5.06. The number of carbonyl (C=O) groups excluding carboxylic acids is 1. The van der Waals surface area contributed by atoms with E-state index in [0.29, 0.717) is 18.9 Å². The van der Waals surface area contributed by atoms with Gasteiger partial charge in [0.1, 0.15) is 5.75 Å². The van der Waals surface area contributed by atoms with Gasteiger partial charge in [-0.15, -0.1) is 0 Å². The van der Waals surface area contributed by atoms with Gasteiger partial charge >= 0.3 is 0 Å². The van der Waals surface area contributed by atoms with Crippen molar-refractivity contribution < 1.29 is 9.53 Å². The molecule has 0 spiro atoms. The van der Waals surface area contributed by atoms with E-state index >= 15 is 0 Å². The van der Waals surface area contributed by atoms with E-state index in [9.17, 15) is 4.79 Å². The van der Waals surface area contributed by atoms with E-state index < -0.39 is 0 Å². The smallest absolute Gasteiger partial charge is 0.234 e. The zero-order valence-corrected chi connectivity index (χ0v) is 12.2. The van der Waals surface area contributed by atoms with Crippen LogP contribution in [0.3, 0.4) is 0 Å². The van der Waals surface area contributed by atoms with Crippen molar-refractivity contribution in [3.63, 3.8) is 0 Å². The van der Waals surface area contributed by atoms with Gasteiger partial charge in [0.2, 0.25) is 5.91 Å². The van der Waals surface area contributed by atoms with Crippen LogP contribution in [0.1, 0.15) is 37.3 Å². The molecule has 0 radical (unpaired) electrons. The molecule has 1 rings (SSSR count). The van der Waals surface area contributed by atoms with E-state index in [4.69, 9.17) is 10.5 Å². The molecule has 0 aliphatic rings. The highest BCUT2D eigenvalue weighted by Crippen LogP contribution is 2.24. The summed E-state index contributed by atoms with van der Waals surface area (Å²) in [5, 5.41) is 2.88. The first-order valence-electron chi connectivity index (χ1n) is 6.65. The molecule has 0 saturated heterocycles. The van der Waals surface area contributed by atoms with Crippen LogP contribution >= 0.6 is 0 Å². The summed E-state index contributed by atoms with van der Waals surface area (Å²) in [5.74, 6) is 1.00. The first kappa shape index (κ1) is 15.5. The van der Waals surface area contributed by atoms with Crippen molar-refractivity contribution in [2.24, 2.45) is 5.73 Å². The van der Waals surface area contributed by atoms with Crippen molar-refractivity contribution in [2.45, 2.75) is 39.2 Å². The lowest BCUT2D eigenvalue weighted by molar-refractivity contribution is -0.120. The summed E-state index contributed by atoms with van der Waals surface area (Å²) in [6, 6.07) is 5.91. The molecular weight excluding hydrogens is 240 g/mol. The van der Waals surface area contributed by atoms with Gasteiger partial charge in [-0.2, -0.15) is 0 Å². The van der Waals surface area contributed by atoms with Crippen LogP contribution in [0.2, 0.25) is 0 Å². The van der Waals surface area contributed by atoms with Crippen molar-refractivity contribution in [3.05, 3.63) is 29.3 Å². The van der Waals surface area contributed by atoms with E-state index in [0.717, 1.165) is 11.3 Å². The predicted octanol–water partition coefficient (Wildman–Crippen LogP) is 1.96. The summed E-state index contributed by atoms with van der Waals surface area (Å²) < 4.78 is 5.76. The zero-order valence-electron chi connectivity index (χ0n) is 12.2. The molecule has 19 heavy (non-hydrogen) atoms. The number of nitrogens with two attached hydrogens (primary N) is 1. The maximum Gasteiger partial charge on any atom is 0.234 e. The quantitative estimate of drug-likeness (QED) is 0.791. The number of primary amides is 1. The average molecular weight is 264 g/mol. The number of likely N-dealkylation sites (N-methyl/N-ethyl adjacent to an activating group) is 1. The van der Waals surface area contributed by atoms with E-state index in [1.54, 1.807) is 7.05 Å². The largest absolute Gasteiger partial charge is 0.493 e. The molecule has 1 atom stereocenters. The molecule has 1 aromatic carbocycles. The second kappa shape index (κ2) is 7.14. The minimum absolute atomic E-state index is 0.339. The lowest BCUT2D eigenvalue weighted by Gasteiger charge is -2.15. The lowest BCUT2D eigenvalue weighted by Crippen LogP contribution is -2.40. The first-order valence-corrected chi connectivity index (χ1v) is 6.65. The van der Waals surface area contributed by atoms with Gasteiger partial charge in [0, 0.05) is 6.42 Å². The number of benzene rings is 1. The monoisotopic (exact) mass is 264 g/mol. The highest BCUT2D eigenvalue weighted by Gasteiger charge is 2.12. The molecule has 0 bridgehead atoms. The first-order chi connectivity index (χ1) is 8.95. The van der Waals surface area contributed by atoms with Gasteiger partial charge in [-0.05, 0) is 37.1 Å². The Hall–Kier alpha value is -1.55. The van der Waals surface area contributed by atoms with Crippen LogP contribution in [-0.2, 0) is 4.79 Å². The third-order valence-electron chi connectivity index (χ3n) is 3.23. The van der Waals surface area contributed by atoms with Gasteiger partial charge in [-0.1, -0.05) is 26.0 Å². The summed E-state index contributed by atoms with van der Waals surface area (Å²) in [4.78, 5) is 11.1. The van der Waals surface area contributed by atoms with Gasteiger partial charge in [0.15, 0.2) is 0 Å². The van der Waals surface area contributed by atoms with E-state index in [-0.39, 0.29) is 11.9 Å². The minimum Gasteiger partial charge on any atom is -0.493 e. The average Bonchev–Trinajstić information content (AvgIpc) is 2.35. The molecule has 0 aliphatic carbocycles. The summed E-state index contributed by atoms with van der Waals surface area (Å²) in [6.07, 6.45) is 0.567. The minimum atomic E-state index is -0.348. The number of hydrogen-bond donors (Lipinski definition) is 2. The maximum atomic E-state index is 11.1. The molecule has 0 saturated carbocycles. The third kappa shape index (κ3) is 4.56. The van der Waals surface area contributed by atoms with Crippen LogP contribution in [0.5, 0.6) is 5.75 Å². The predicted molar refractivity (Wildman–Crippen MR) is 77.4 cm³/mol. The van der Waals surface area contributed by atoms with Crippen LogP contribution in [0.4, 0.5) is 0 Å². The standard InChI is InChI=1S/C15H24N2O2/c1-10(2)12-6-5-11(3)14(9-12)19-8-7-13(17-4)15(16)18/h5-6,9-10,13,17H,7-8H2,1-4H3,(H2,16,18). The van der Waals surface area contributed by atoms with Crippen LogP contribution in [0.25, 0.3) is 0 Å². The number of aryl methyl sites for hydroxylation is 1. The maximum absolute atomic E-state index is 11.1. The number of ether oxygens (including phenoxy) is 1. The molecule has 3 N–H and O–H groups in total. The Morgan fingerprint density at radius 1 is 1.42 bits per heavy atom. The topological polar surface area (TPSA) is 64.3 Å². The SMILES string of the molecule is CNC(CCOc1cc(C(C)C)ccc1C)C(N)=O. The number of carbonyl (C=O) groups is 1. The Morgan fingerprint density at radius 2 is 2.11 bits per heavy atom. The molecular formula is C15H24N2O2. The van der Waals surface area contributed by atoms with E-state index in [1.165, 1.54) is 5.56 Å². The van der Waals surface area contributed by atoms with Crippen molar-refractivity contribution in [1.82, 2.24) is 5.32 Å². The molecule has 0 heterocycles. The number of rotatable bonds is 7. The number of hydrogen-bond acceptors (Lipinski definition) is 3. The zero-order chi connectivity index (χ0) is 14.4. The summed E-state index contributed by atoms with van der Waals surface area (Å²) in [5.41, 5.74) is 7.62. The Labute approximate surface area is 115 Å². The van der Waals surface area contributed by atoms with Crippen LogP contribution < -0.4 is 15.8 Å². The van der Waals surface area contributed by atoms with Gasteiger partial charge < -0.3 is 15.8 Å². The fraction of sp³-hybridized carbons (Fsp3) is 0.533.